The summed E-state index contributed by atoms with van der Waals surface area (Å²) in [6, 6.07) is 3.69. The van der Waals surface area contributed by atoms with Crippen LogP contribution in [0.1, 0.15) is 18.4 Å². The lowest BCUT2D eigenvalue weighted by Gasteiger charge is -2.06. The van der Waals surface area contributed by atoms with Crippen LogP contribution in [0.15, 0.2) is 12.1 Å². The van der Waals surface area contributed by atoms with Crippen molar-refractivity contribution in [1.29, 1.82) is 0 Å². The van der Waals surface area contributed by atoms with E-state index in [-0.39, 0.29) is 13.2 Å². The summed E-state index contributed by atoms with van der Waals surface area (Å²) in [7, 11) is 0. The van der Waals surface area contributed by atoms with Crippen molar-refractivity contribution in [1.82, 2.24) is 5.32 Å². The molecule has 2 rings (SSSR count). The van der Waals surface area contributed by atoms with Gasteiger partial charge in [0.15, 0.2) is 11.5 Å². The number of fused-ring (bicyclic) bond motifs is 1. The van der Waals surface area contributed by atoms with Gasteiger partial charge in [0, 0.05) is 13.0 Å². The highest BCUT2D eigenvalue weighted by molar-refractivity contribution is 6.32. The number of halogens is 1. The summed E-state index contributed by atoms with van der Waals surface area (Å²) >= 11 is 6.05. The van der Waals surface area contributed by atoms with Crippen molar-refractivity contribution in [3.63, 3.8) is 0 Å². The molecule has 1 aliphatic heterocycles. The lowest BCUT2D eigenvalue weighted by atomic mass is 10.2. The Bertz CT molecular complexity index is 450. The smallest absolute Gasteiger partial charge is 0.303 e. The number of nitrogens with one attached hydrogen (secondary N) is 1. The summed E-state index contributed by atoms with van der Waals surface area (Å²) < 4.78 is 10.5. The Morgan fingerprint density at radius 2 is 2.28 bits per heavy atom. The second-order valence-corrected chi connectivity index (χ2v) is 4.39. The van der Waals surface area contributed by atoms with Gasteiger partial charge in [-0.1, -0.05) is 11.6 Å². The molecular formula is C12H14ClNO4. The molecule has 18 heavy (non-hydrogen) atoms. The zero-order valence-electron chi connectivity index (χ0n) is 9.74. The Labute approximate surface area is 110 Å². The van der Waals surface area contributed by atoms with E-state index in [4.69, 9.17) is 26.2 Å². The summed E-state index contributed by atoms with van der Waals surface area (Å²) in [5.74, 6) is 0.471. The van der Waals surface area contributed by atoms with Gasteiger partial charge in [-0.3, -0.25) is 4.79 Å². The fraction of sp³-hybridized carbons (Fsp3) is 0.417. The normalized spacial score (nSPS) is 12.7. The highest BCUT2D eigenvalue weighted by Gasteiger charge is 2.17. The molecule has 1 heterocycles. The van der Waals surface area contributed by atoms with Gasteiger partial charge in [0.2, 0.25) is 6.79 Å². The van der Waals surface area contributed by atoms with Crippen LogP contribution in [-0.2, 0) is 11.3 Å². The minimum atomic E-state index is -0.775. The molecule has 0 aromatic heterocycles. The van der Waals surface area contributed by atoms with Crippen LogP contribution in [0.5, 0.6) is 11.5 Å². The Hall–Kier alpha value is -1.46. The van der Waals surface area contributed by atoms with E-state index in [0.29, 0.717) is 36.0 Å². The maximum atomic E-state index is 10.3. The Morgan fingerprint density at radius 1 is 1.44 bits per heavy atom. The standard InChI is InChI=1S/C12H14ClNO4/c13-9-4-8(5-10-12(9)18-7-17-10)6-14-3-1-2-11(15)16/h4-5,14H,1-3,6-7H2,(H,15,16). The number of hydrogen-bond acceptors (Lipinski definition) is 4. The molecule has 0 bridgehead atoms. The summed E-state index contributed by atoms with van der Waals surface area (Å²) in [6.07, 6.45) is 0.780. The maximum Gasteiger partial charge on any atom is 0.303 e. The SMILES string of the molecule is O=C(O)CCCNCc1cc(Cl)c2c(c1)OCO2. The van der Waals surface area contributed by atoms with Gasteiger partial charge in [0.1, 0.15) is 0 Å². The first kappa shape index (κ1) is 13.0. The van der Waals surface area contributed by atoms with Gasteiger partial charge in [-0.2, -0.15) is 0 Å². The zero-order chi connectivity index (χ0) is 13.0. The Kier molecular flexibility index (Phi) is 4.28. The van der Waals surface area contributed by atoms with Gasteiger partial charge in [-0.05, 0) is 30.7 Å². The van der Waals surface area contributed by atoms with Crippen molar-refractivity contribution in [2.45, 2.75) is 19.4 Å². The van der Waals surface area contributed by atoms with Crippen LogP contribution < -0.4 is 14.8 Å². The van der Waals surface area contributed by atoms with E-state index in [2.05, 4.69) is 5.32 Å². The van der Waals surface area contributed by atoms with Crippen molar-refractivity contribution < 1.29 is 19.4 Å². The number of ether oxygens (including phenoxy) is 2. The minimum absolute atomic E-state index is 0.175. The summed E-state index contributed by atoms with van der Waals surface area (Å²) in [6.45, 7) is 1.47. The zero-order valence-corrected chi connectivity index (χ0v) is 10.5. The number of aliphatic carboxylic acids is 1. The Balaban J connectivity index is 1.83. The monoisotopic (exact) mass is 271 g/mol. The van der Waals surface area contributed by atoms with E-state index in [1.54, 1.807) is 0 Å². The first-order chi connectivity index (χ1) is 8.66. The number of carboxylic acids is 1. The molecule has 1 aromatic rings. The number of rotatable bonds is 6. The molecule has 0 radical (unpaired) electrons. The molecule has 0 saturated heterocycles. The number of carboxylic acid groups (broad SMARTS) is 1. The van der Waals surface area contributed by atoms with Gasteiger partial charge in [-0.15, -0.1) is 0 Å². The highest BCUT2D eigenvalue weighted by Crippen LogP contribution is 2.39. The van der Waals surface area contributed by atoms with Gasteiger partial charge in [0.25, 0.3) is 0 Å². The van der Waals surface area contributed by atoms with Crippen molar-refractivity contribution in [2.24, 2.45) is 0 Å². The van der Waals surface area contributed by atoms with Crippen LogP contribution in [0.2, 0.25) is 5.02 Å². The molecule has 1 aromatic carbocycles. The Morgan fingerprint density at radius 3 is 3.06 bits per heavy atom. The summed E-state index contributed by atoms with van der Waals surface area (Å²) in [5.41, 5.74) is 0.986. The summed E-state index contributed by atoms with van der Waals surface area (Å²) in [4.78, 5) is 10.3. The molecule has 0 amide bonds. The number of hydrogen-bond donors (Lipinski definition) is 2. The molecule has 0 aliphatic carbocycles. The fourth-order valence-corrected chi connectivity index (χ4v) is 2.01. The van der Waals surface area contributed by atoms with E-state index in [0.717, 1.165) is 5.56 Å². The first-order valence-electron chi connectivity index (χ1n) is 5.67. The van der Waals surface area contributed by atoms with E-state index in [1.807, 2.05) is 12.1 Å². The molecule has 0 spiro atoms. The molecular weight excluding hydrogens is 258 g/mol. The quantitative estimate of drug-likeness (QED) is 0.775. The average Bonchev–Trinajstić information content (AvgIpc) is 2.77. The van der Waals surface area contributed by atoms with Crippen LogP contribution in [0.3, 0.4) is 0 Å². The van der Waals surface area contributed by atoms with E-state index in [9.17, 15) is 4.79 Å². The van der Waals surface area contributed by atoms with Crippen LogP contribution in [0, 0.1) is 0 Å². The summed E-state index contributed by atoms with van der Waals surface area (Å²) in [5, 5.41) is 12.2. The largest absolute Gasteiger partial charge is 0.481 e. The lowest BCUT2D eigenvalue weighted by Crippen LogP contribution is -2.15. The van der Waals surface area contributed by atoms with Gasteiger partial charge in [0.05, 0.1) is 5.02 Å². The molecule has 0 saturated carbocycles. The van der Waals surface area contributed by atoms with Crippen molar-refractivity contribution in [3.8, 4) is 11.5 Å². The van der Waals surface area contributed by atoms with Crippen LogP contribution in [-0.4, -0.2) is 24.4 Å². The third-order valence-electron chi connectivity index (χ3n) is 2.56. The van der Waals surface area contributed by atoms with Gasteiger partial charge in [-0.25, -0.2) is 0 Å². The van der Waals surface area contributed by atoms with Crippen LogP contribution in [0.4, 0.5) is 0 Å². The second-order valence-electron chi connectivity index (χ2n) is 3.99. The molecule has 0 fully saturated rings. The number of carbonyl (C=O) groups is 1. The molecule has 1 aliphatic rings. The van der Waals surface area contributed by atoms with E-state index in [1.165, 1.54) is 0 Å². The topological polar surface area (TPSA) is 67.8 Å². The number of benzene rings is 1. The molecule has 98 valence electrons. The molecule has 0 atom stereocenters. The van der Waals surface area contributed by atoms with Crippen molar-refractivity contribution in [2.75, 3.05) is 13.3 Å². The fourth-order valence-electron chi connectivity index (χ4n) is 1.72. The third kappa shape index (κ3) is 3.27. The van der Waals surface area contributed by atoms with Crippen molar-refractivity contribution in [3.05, 3.63) is 22.7 Å². The third-order valence-corrected chi connectivity index (χ3v) is 2.84. The highest BCUT2D eigenvalue weighted by atomic mass is 35.5. The molecule has 5 nitrogen and oxygen atoms in total. The lowest BCUT2D eigenvalue weighted by molar-refractivity contribution is -0.137. The first-order valence-corrected chi connectivity index (χ1v) is 6.05. The van der Waals surface area contributed by atoms with E-state index >= 15 is 0 Å². The second kappa shape index (κ2) is 5.93. The van der Waals surface area contributed by atoms with Crippen LogP contribution in [0.25, 0.3) is 0 Å². The predicted molar refractivity (Wildman–Crippen MR) is 66.2 cm³/mol. The maximum absolute atomic E-state index is 10.3. The molecule has 0 unspecified atom stereocenters. The predicted octanol–water partition coefficient (Wildman–Crippen LogP) is 2.02. The molecule has 6 heteroatoms. The van der Waals surface area contributed by atoms with Crippen LogP contribution >= 0.6 is 11.6 Å². The van der Waals surface area contributed by atoms with E-state index < -0.39 is 5.97 Å². The average molecular weight is 272 g/mol. The van der Waals surface area contributed by atoms with Gasteiger partial charge >= 0.3 is 5.97 Å². The molecule has 2 N–H and O–H groups in total. The van der Waals surface area contributed by atoms with Crippen molar-refractivity contribution >= 4 is 17.6 Å². The van der Waals surface area contributed by atoms with Gasteiger partial charge < -0.3 is 19.9 Å². The minimum Gasteiger partial charge on any atom is -0.481 e.